The summed E-state index contributed by atoms with van der Waals surface area (Å²) in [5, 5.41) is 11.3. The molecule has 21 heavy (non-hydrogen) atoms. The van der Waals surface area contributed by atoms with E-state index in [1.54, 1.807) is 0 Å². The molecule has 1 aromatic rings. The molecule has 6 heteroatoms. The van der Waals surface area contributed by atoms with Gasteiger partial charge in [0.05, 0.1) is 0 Å². The normalized spacial score (nSPS) is 24.0. The van der Waals surface area contributed by atoms with Crippen molar-refractivity contribution in [3.63, 3.8) is 0 Å². The van der Waals surface area contributed by atoms with Gasteiger partial charge in [0.25, 0.3) is 0 Å². The van der Waals surface area contributed by atoms with Crippen molar-refractivity contribution in [2.45, 2.75) is 25.3 Å². The standard InChI is InChI=1S/C15H17NO5/c1-8(15(18)19)16-14(17)11-7-10(11)9-2-3-12-13(6-9)21-5-4-20-12/h2-3,6,8,10-11H,4-5,7H2,1H3,(H,16,17)(H,18,19)/t8-,10?,11?/m1/s1. The second-order valence-corrected chi connectivity index (χ2v) is 5.42. The van der Waals surface area contributed by atoms with Crippen LogP contribution >= 0.6 is 0 Å². The van der Waals surface area contributed by atoms with Gasteiger partial charge in [-0.25, -0.2) is 0 Å². The highest BCUT2D eigenvalue weighted by molar-refractivity contribution is 5.87. The number of carbonyl (C=O) groups excluding carboxylic acids is 1. The SMILES string of the molecule is C[C@@H](NC(=O)C1CC1c1ccc2c(c1)OCCO2)C(=O)O. The Morgan fingerprint density at radius 1 is 1.29 bits per heavy atom. The number of nitrogens with one attached hydrogen (secondary N) is 1. The van der Waals surface area contributed by atoms with Crippen LogP contribution in [0.3, 0.4) is 0 Å². The monoisotopic (exact) mass is 291 g/mol. The van der Waals surface area contributed by atoms with E-state index in [1.807, 2.05) is 18.2 Å². The summed E-state index contributed by atoms with van der Waals surface area (Å²) in [6, 6.07) is 4.84. The van der Waals surface area contributed by atoms with Crippen LogP contribution in [0, 0.1) is 5.92 Å². The Morgan fingerprint density at radius 2 is 2.00 bits per heavy atom. The van der Waals surface area contributed by atoms with Crippen LogP contribution < -0.4 is 14.8 Å². The zero-order valence-corrected chi connectivity index (χ0v) is 11.7. The van der Waals surface area contributed by atoms with Crippen LogP contribution in [-0.4, -0.2) is 36.2 Å². The summed E-state index contributed by atoms with van der Waals surface area (Å²) in [6.07, 6.45) is 0.734. The van der Waals surface area contributed by atoms with Crippen LogP contribution in [0.1, 0.15) is 24.8 Å². The molecule has 112 valence electrons. The predicted molar refractivity (Wildman–Crippen MR) is 73.5 cm³/mol. The molecule has 3 atom stereocenters. The third kappa shape index (κ3) is 2.79. The molecule has 2 unspecified atom stereocenters. The number of benzene rings is 1. The Bertz CT molecular complexity index is 585. The van der Waals surface area contributed by atoms with Crippen molar-refractivity contribution in [3.05, 3.63) is 23.8 Å². The lowest BCUT2D eigenvalue weighted by molar-refractivity contribution is -0.141. The van der Waals surface area contributed by atoms with Gasteiger partial charge in [-0.1, -0.05) is 6.07 Å². The highest BCUT2D eigenvalue weighted by Gasteiger charge is 2.44. The van der Waals surface area contributed by atoms with Gasteiger partial charge >= 0.3 is 5.97 Å². The second-order valence-electron chi connectivity index (χ2n) is 5.42. The minimum Gasteiger partial charge on any atom is -0.486 e. The van der Waals surface area contributed by atoms with E-state index in [1.165, 1.54) is 6.92 Å². The van der Waals surface area contributed by atoms with Crippen molar-refractivity contribution in [1.29, 1.82) is 0 Å². The Labute approximate surface area is 122 Å². The molecule has 1 fully saturated rings. The number of rotatable bonds is 4. The molecule has 0 radical (unpaired) electrons. The van der Waals surface area contributed by atoms with Crippen LogP contribution in [0.5, 0.6) is 11.5 Å². The smallest absolute Gasteiger partial charge is 0.325 e. The average Bonchev–Trinajstić information content (AvgIpc) is 3.27. The number of carboxylic acids is 1. The van der Waals surface area contributed by atoms with Gasteiger partial charge in [-0.3, -0.25) is 9.59 Å². The van der Waals surface area contributed by atoms with E-state index >= 15 is 0 Å². The lowest BCUT2D eigenvalue weighted by Gasteiger charge is -2.18. The van der Waals surface area contributed by atoms with Crippen LogP contribution in [0.2, 0.25) is 0 Å². The van der Waals surface area contributed by atoms with Crippen molar-refractivity contribution in [1.82, 2.24) is 5.32 Å². The van der Waals surface area contributed by atoms with Crippen molar-refractivity contribution < 1.29 is 24.2 Å². The summed E-state index contributed by atoms with van der Waals surface area (Å²) in [7, 11) is 0. The molecule has 2 aliphatic rings. The fraction of sp³-hybridized carbons (Fsp3) is 0.467. The Balaban J connectivity index is 1.65. The van der Waals surface area contributed by atoms with Crippen molar-refractivity contribution >= 4 is 11.9 Å². The summed E-state index contributed by atoms with van der Waals surface area (Å²) >= 11 is 0. The van der Waals surface area contributed by atoms with E-state index in [9.17, 15) is 9.59 Å². The molecular formula is C15H17NO5. The fourth-order valence-corrected chi connectivity index (χ4v) is 2.53. The highest BCUT2D eigenvalue weighted by Crippen LogP contribution is 2.49. The number of carbonyl (C=O) groups is 2. The minimum absolute atomic E-state index is 0.127. The van der Waals surface area contributed by atoms with E-state index in [0.29, 0.717) is 19.0 Å². The molecule has 0 bridgehead atoms. The molecule has 1 aliphatic heterocycles. The van der Waals surface area contributed by atoms with Gasteiger partial charge in [0.15, 0.2) is 11.5 Å². The molecule has 1 aromatic carbocycles. The Kier molecular flexibility index (Phi) is 3.45. The predicted octanol–water partition coefficient (Wildman–Crippen LogP) is 1.15. The number of aliphatic carboxylic acids is 1. The van der Waals surface area contributed by atoms with Gasteiger partial charge < -0.3 is 19.9 Å². The maximum Gasteiger partial charge on any atom is 0.325 e. The summed E-state index contributed by atoms with van der Waals surface area (Å²) < 4.78 is 11.0. The van der Waals surface area contributed by atoms with Crippen LogP contribution in [0.25, 0.3) is 0 Å². The fourth-order valence-electron chi connectivity index (χ4n) is 2.53. The first-order valence-electron chi connectivity index (χ1n) is 6.99. The van der Waals surface area contributed by atoms with Crippen molar-refractivity contribution in [2.24, 2.45) is 5.92 Å². The van der Waals surface area contributed by atoms with E-state index in [2.05, 4.69) is 5.32 Å². The number of hydrogen-bond acceptors (Lipinski definition) is 4. The first-order valence-corrected chi connectivity index (χ1v) is 6.99. The molecule has 0 aromatic heterocycles. The van der Waals surface area contributed by atoms with Gasteiger partial charge in [0.2, 0.25) is 5.91 Å². The maximum absolute atomic E-state index is 12.0. The quantitative estimate of drug-likeness (QED) is 0.869. The summed E-state index contributed by atoms with van der Waals surface area (Å²) in [6.45, 7) is 2.54. The topological polar surface area (TPSA) is 84.9 Å². The maximum atomic E-state index is 12.0. The van der Waals surface area contributed by atoms with E-state index < -0.39 is 12.0 Å². The summed E-state index contributed by atoms with van der Waals surface area (Å²) in [5.41, 5.74) is 1.03. The molecule has 0 saturated heterocycles. The zero-order chi connectivity index (χ0) is 15.0. The third-order valence-corrected chi connectivity index (χ3v) is 3.85. The van der Waals surface area contributed by atoms with Gasteiger partial charge in [0, 0.05) is 5.92 Å². The minimum atomic E-state index is -1.03. The Hall–Kier alpha value is -2.24. The number of hydrogen-bond donors (Lipinski definition) is 2. The van der Waals surface area contributed by atoms with E-state index in [0.717, 1.165) is 17.7 Å². The molecule has 2 N–H and O–H groups in total. The average molecular weight is 291 g/mol. The molecule has 3 rings (SSSR count). The molecular weight excluding hydrogens is 274 g/mol. The lowest BCUT2D eigenvalue weighted by atomic mass is 10.1. The number of ether oxygens (including phenoxy) is 2. The molecule has 6 nitrogen and oxygen atoms in total. The van der Waals surface area contributed by atoms with Crippen LogP contribution in [-0.2, 0) is 9.59 Å². The molecule has 1 aliphatic carbocycles. The molecule has 1 saturated carbocycles. The van der Waals surface area contributed by atoms with Gasteiger partial charge in [-0.2, -0.15) is 0 Å². The molecule has 1 amide bonds. The van der Waals surface area contributed by atoms with E-state index in [-0.39, 0.29) is 17.7 Å². The van der Waals surface area contributed by atoms with Gasteiger partial charge in [-0.05, 0) is 37.0 Å². The lowest BCUT2D eigenvalue weighted by Crippen LogP contribution is -2.39. The first-order chi connectivity index (χ1) is 10.1. The van der Waals surface area contributed by atoms with Crippen LogP contribution in [0.15, 0.2) is 18.2 Å². The van der Waals surface area contributed by atoms with Crippen molar-refractivity contribution in [2.75, 3.05) is 13.2 Å². The molecule has 0 spiro atoms. The number of fused-ring (bicyclic) bond motifs is 1. The largest absolute Gasteiger partial charge is 0.486 e. The summed E-state index contributed by atoms with van der Waals surface area (Å²) in [5.74, 6) is 0.177. The molecule has 1 heterocycles. The van der Waals surface area contributed by atoms with Gasteiger partial charge in [-0.15, -0.1) is 0 Å². The Morgan fingerprint density at radius 3 is 2.71 bits per heavy atom. The zero-order valence-electron chi connectivity index (χ0n) is 11.7. The van der Waals surface area contributed by atoms with Crippen molar-refractivity contribution in [3.8, 4) is 11.5 Å². The van der Waals surface area contributed by atoms with Gasteiger partial charge in [0.1, 0.15) is 19.3 Å². The third-order valence-electron chi connectivity index (χ3n) is 3.85. The summed E-state index contributed by atoms with van der Waals surface area (Å²) in [4.78, 5) is 22.7. The highest BCUT2D eigenvalue weighted by atomic mass is 16.6. The number of carboxylic acid groups (broad SMARTS) is 1. The van der Waals surface area contributed by atoms with E-state index in [4.69, 9.17) is 14.6 Å². The number of amides is 1. The second kappa shape index (κ2) is 5.27. The van der Waals surface area contributed by atoms with Crippen LogP contribution in [0.4, 0.5) is 0 Å². The first kappa shape index (κ1) is 13.7.